The zero-order valence-electron chi connectivity index (χ0n) is 13.4. The van der Waals surface area contributed by atoms with Gasteiger partial charge in [0.25, 0.3) is 0 Å². The molecule has 0 saturated heterocycles. The molecule has 1 N–H and O–H groups in total. The maximum atomic E-state index is 11.8. The molecule has 0 bridgehead atoms. The van der Waals surface area contributed by atoms with Gasteiger partial charge < -0.3 is 9.26 Å². The summed E-state index contributed by atoms with van der Waals surface area (Å²) in [5.74, 6) is 0.824. The molecule has 0 spiro atoms. The number of esters is 1. The summed E-state index contributed by atoms with van der Waals surface area (Å²) in [5, 5.41) is 7.05. The van der Waals surface area contributed by atoms with Crippen molar-refractivity contribution in [2.75, 3.05) is 7.11 Å². The molecule has 1 rings (SSSR count). The van der Waals surface area contributed by atoms with Crippen LogP contribution in [0.25, 0.3) is 0 Å². The highest BCUT2D eigenvalue weighted by molar-refractivity contribution is 5.76. The molecule has 0 fully saturated rings. The molecular formula is C14H25N3O3. The Bertz CT molecular complexity index is 455. The number of carbonyl (C=O) groups excluding carboxylic acids is 1. The van der Waals surface area contributed by atoms with Crippen LogP contribution in [0.3, 0.4) is 0 Å². The van der Waals surface area contributed by atoms with E-state index in [1.807, 2.05) is 41.5 Å². The number of nitrogens with zero attached hydrogens (tertiary/aromatic N) is 2. The number of methoxy groups -OCH3 is 1. The number of ether oxygens (including phenoxy) is 1. The summed E-state index contributed by atoms with van der Waals surface area (Å²) in [4.78, 5) is 16.1. The van der Waals surface area contributed by atoms with Gasteiger partial charge in [0.1, 0.15) is 6.04 Å². The van der Waals surface area contributed by atoms with Gasteiger partial charge in [-0.25, -0.2) is 0 Å². The van der Waals surface area contributed by atoms with Crippen molar-refractivity contribution in [3.05, 3.63) is 11.7 Å². The molecule has 1 aromatic rings. The number of nitrogens with one attached hydrogen (secondary N) is 1. The van der Waals surface area contributed by atoms with Gasteiger partial charge in [-0.2, -0.15) is 4.98 Å². The number of rotatable bonds is 4. The lowest BCUT2D eigenvalue weighted by atomic mass is 9.87. The normalized spacial score (nSPS) is 14.2. The highest BCUT2D eigenvalue weighted by Crippen LogP contribution is 2.22. The van der Waals surface area contributed by atoms with Crippen LogP contribution in [0.15, 0.2) is 4.52 Å². The maximum Gasteiger partial charge on any atom is 0.323 e. The Balaban J connectivity index is 2.74. The third kappa shape index (κ3) is 4.30. The van der Waals surface area contributed by atoms with Gasteiger partial charge in [-0.05, 0) is 5.41 Å². The van der Waals surface area contributed by atoms with Crippen LogP contribution in [0, 0.1) is 5.41 Å². The predicted molar refractivity (Wildman–Crippen MR) is 75.1 cm³/mol. The lowest BCUT2D eigenvalue weighted by molar-refractivity contribution is -0.146. The van der Waals surface area contributed by atoms with Crippen LogP contribution < -0.4 is 5.32 Å². The van der Waals surface area contributed by atoms with Crippen LogP contribution in [0.1, 0.15) is 53.3 Å². The molecule has 0 radical (unpaired) electrons. The molecule has 1 atom stereocenters. The Kier molecular flexibility index (Phi) is 4.91. The van der Waals surface area contributed by atoms with E-state index in [0.29, 0.717) is 18.3 Å². The van der Waals surface area contributed by atoms with E-state index in [9.17, 15) is 4.79 Å². The van der Waals surface area contributed by atoms with Crippen molar-refractivity contribution in [1.29, 1.82) is 0 Å². The molecule has 6 heteroatoms. The molecule has 0 saturated carbocycles. The van der Waals surface area contributed by atoms with Crippen LogP contribution >= 0.6 is 0 Å². The Hall–Kier alpha value is -1.43. The average Bonchev–Trinajstić information content (AvgIpc) is 2.75. The van der Waals surface area contributed by atoms with Crippen molar-refractivity contribution in [2.45, 2.75) is 59.5 Å². The van der Waals surface area contributed by atoms with Crippen molar-refractivity contribution in [1.82, 2.24) is 15.5 Å². The summed E-state index contributed by atoms with van der Waals surface area (Å²) in [6.07, 6.45) is 0. The first-order valence-electron chi connectivity index (χ1n) is 6.70. The number of hydrogen-bond acceptors (Lipinski definition) is 6. The largest absolute Gasteiger partial charge is 0.468 e. The first-order chi connectivity index (χ1) is 9.05. The highest BCUT2D eigenvalue weighted by atomic mass is 16.5. The minimum Gasteiger partial charge on any atom is -0.468 e. The molecule has 1 heterocycles. The number of hydrogen-bond donors (Lipinski definition) is 1. The van der Waals surface area contributed by atoms with E-state index in [-0.39, 0.29) is 16.8 Å². The monoisotopic (exact) mass is 283 g/mol. The lowest BCUT2D eigenvalue weighted by Gasteiger charge is -2.28. The van der Waals surface area contributed by atoms with Crippen LogP contribution in [-0.2, 0) is 21.5 Å². The molecule has 0 aliphatic carbocycles. The minimum absolute atomic E-state index is 0.184. The van der Waals surface area contributed by atoms with Gasteiger partial charge in [0.05, 0.1) is 13.7 Å². The lowest BCUT2D eigenvalue weighted by Crippen LogP contribution is -2.46. The third-order valence-electron chi connectivity index (χ3n) is 2.88. The zero-order chi connectivity index (χ0) is 15.6. The van der Waals surface area contributed by atoms with E-state index in [0.717, 1.165) is 0 Å². The second kappa shape index (κ2) is 5.91. The van der Waals surface area contributed by atoms with Gasteiger partial charge in [-0.3, -0.25) is 10.1 Å². The molecular weight excluding hydrogens is 258 g/mol. The van der Waals surface area contributed by atoms with Crippen LogP contribution in [0.4, 0.5) is 0 Å². The van der Waals surface area contributed by atoms with E-state index in [4.69, 9.17) is 9.26 Å². The van der Waals surface area contributed by atoms with Crippen molar-refractivity contribution >= 4 is 5.97 Å². The van der Waals surface area contributed by atoms with Gasteiger partial charge in [0, 0.05) is 5.41 Å². The standard InChI is InChI=1S/C14H25N3O3/c1-13(2,3)10(11(18)19-7)15-8-9-16-12(20-17-9)14(4,5)6/h10,15H,8H2,1-7H3/t10-/m1/s1. The molecule has 0 aliphatic heterocycles. The van der Waals surface area contributed by atoms with E-state index in [1.165, 1.54) is 7.11 Å². The van der Waals surface area contributed by atoms with Crippen molar-refractivity contribution in [2.24, 2.45) is 5.41 Å². The fraction of sp³-hybridized carbons (Fsp3) is 0.786. The van der Waals surface area contributed by atoms with Gasteiger partial charge in [0.15, 0.2) is 5.82 Å². The van der Waals surface area contributed by atoms with Crippen molar-refractivity contribution in [3.8, 4) is 0 Å². The first-order valence-corrected chi connectivity index (χ1v) is 6.70. The van der Waals surface area contributed by atoms with Crippen LogP contribution in [0.2, 0.25) is 0 Å². The van der Waals surface area contributed by atoms with Crippen molar-refractivity contribution < 1.29 is 14.1 Å². The Labute approximate surface area is 120 Å². The second-order valence-electron chi connectivity index (χ2n) is 6.97. The predicted octanol–water partition coefficient (Wildman–Crippen LogP) is 2.04. The Morgan fingerprint density at radius 3 is 2.30 bits per heavy atom. The molecule has 6 nitrogen and oxygen atoms in total. The topological polar surface area (TPSA) is 77.2 Å². The smallest absolute Gasteiger partial charge is 0.323 e. The summed E-state index contributed by atoms with van der Waals surface area (Å²) in [6, 6.07) is -0.427. The SMILES string of the molecule is COC(=O)[C@@H](NCc1noc(C(C)(C)C)n1)C(C)(C)C. The van der Waals surface area contributed by atoms with E-state index >= 15 is 0 Å². The van der Waals surface area contributed by atoms with Crippen LogP contribution in [-0.4, -0.2) is 29.3 Å². The minimum atomic E-state index is -0.427. The maximum absolute atomic E-state index is 11.8. The summed E-state index contributed by atoms with van der Waals surface area (Å²) >= 11 is 0. The van der Waals surface area contributed by atoms with Crippen LogP contribution in [0.5, 0.6) is 0 Å². The van der Waals surface area contributed by atoms with Gasteiger partial charge >= 0.3 is 5.97 Å². The van der Waals surface area contributed by atoms with Gasteiger partial charge in [0.2, 0.25) is 5.89 Å². The van der Waals surface area contributed by atoms with E-state index in [2.05, 4.69) is 15.5 Å². The molecule has 1 aromatic heterocycles. The molecule has 0 unspecified atom stereocenters. The average molecular weight is 283 g/mol. The first kappa shape index (κ1) is 16.6. The van der Waals surface area contributed by atoms with E-state index < -0.39 is 6.04 Å². The molecule has 0 amide bonds. The molecule has 20 heavy (non-hydrogen) atoms. The second-order valence-corrected chi connectivity index (χ2v) is 6.97. The zero-order valence-corrected chi connectivity index (χ0v) is 13.4. The van der Waals surface area contributed by atoms with E-state index in [1.54, 1.807) is 0 Å². The summed E-state index contributed by atoms with van der Waals surface area (Å²) in [5.41, 5.74) is -0.444. The number of aromatic nitrogens is 2. The third-order valence-corrected chi connectivity index (χ3v) is 2.88. The molecule has 114 valence electrons. The summed E-state index contributed by atoms with van der Waals surface area (Å²) < 4.78 is 10.0. The molecule has 0 aliphatic rings. The van der Waals surface area contributed by atoms with Crippen molar-refractivity contribution in [3.63, 3.8) is 0 Å². The fourth-order valence-electron chi connectivity index (χ4n) is 1.68. The summed E-state index contributed by atoms with van der Waals surface area (Å²) in [7, 11) is 1.38. The quantitative estimate of drug-likeness (QED) is 0.852. The van der Waals surface area contributed by atoms with Gasteiger partial charge in [-0.1, -0.05) is 46.7 Å². The summed E-state index contributed by atoms with van der Waals surface area (Å²) in [6.45, 7) is 12.3. The Morgan fingerprint density at radius 2 is 1.90 bits per heavy atom. The molecule has 0 aromatic carbocycles. The van der Waals surface area contributed by atoms with Gasteiger partial charge in [-0.15, -0.1) is 0 Å². The fourth-order valence-corrected chi connectivity index (χ4v) is 1.68. The number of carbonyl (C=O) groups is 1. The Morgan fingerprint density at radius 1 is 1.30 bits per heavy atom. The highest BCUT2D eigenvalue weighted by Gasteiger charge is 2.32.